The Balaban J connectivity index is 1.29. The van der Waals surface area contributed by atoms with Crippen LogP contribution in [0.1, 0.15) is 24.0 Å². The number of amides is 2. The zero-order valence-corrected chi connectivity index (χ0v) is 18.3. The summed E-state index contributed by atoms with van der Waals surface area (Å²) in [6, 6.07) is 11.2. The van der Waals surface area contributed by atoms with E-state index in [9.17, 15) is 24.1 Å². The number of carbonyl (C=O) groups is 2. The lowest BCUT2D eigenvalue weighted by molar-refractivity contribution is -0.384. The van der Waals surface area contributed by atoms with Crippen molar-refractivity contribution in [1.82, 2.24) is 14.8 Å². The number of benzene rings is 2. The summed E-state index contributed by atoms with van der Waals surface area (Å²) < 4.78 is 15.4. The quantitative estimate of drug-likeness (QED) is 0.457. The number of rotatable bonds is 6. The Kier molecular flexibility index (Phi) is 6.39. The molecule has 0 radical (unpaired) electrons. The standard InChI is InChI=1S/C24H25FN4O4/c1-16-2-3-17(12-21(16)25)14-26-24(31)18-6-9-27(10-7-18)23(30)15-28-11-8-19-13-20(29(32)33)4-5-22(19)28/h2-5,8,11-13,18H,6-7,9-10,14-15H2,1H3,(H,26,31). The molecule has 4 rings (SSSR count). The van der Waals surface area contributed by atoms with Crippen molar-refractivity contribution in [2.45, 2.75) is 32.9 Å². The molecule has 172 valence electrons. The second-order valence-electron chi connectivity index (χ2n) is 8.40. The molecule has 1 aliphatic heterocycles. The number of halogens is 1. The third-order valence-electron chi connectivity index (χ3n) is 6.19. The lowest BCUT2D eigenvalue weighted by Crippen LogP contribution is -2.43. The van der Waals surface area contributed by atoms with Gasteiger partial charge in [-0.3, -0.25) is 19.7 Å². The number of aryl methyl sites for hydroxylation is 1. The Labute approximate surface area is 190 Å². The van der Waals surface area contributed by atoms with E-state index in [1.54, 1.807) is 46.9 Å². The van der Waals surface area contributed by atoms with Gasteiger partial charge in [0.25, 0.3) is 5.69 Å². The molecule has 3 aromatic rings. The van der Waals surface area contributed by atoms with Gasteiger partial charge in [0.05, 0.1) is 4.92 Å². The molecular weight excluding hydrogens is 427 g/mol. The third-order valence-corrected chi connectivity index (χ3v) is 6.19. The van der Waals surface area contributed by atoms with E-state index in [4.69, 9.17) is 0 Å². The highest BCUT2D eigenvalue weighted by Gasteiger charge is 2.27. The number of fused-ring (bicyclic) bond motifs is 1. The number of carbonyl (C=O) groups excluding carboxylic acids is 2. The summed E-state index contributed by atoms with van der Waals surface area (Å²) in [4.78, 5) is 37.6. The maximum atomic E-state index is 13.7. The maximum Gasteiger partial charge on any atom is 0.270 e. The summed E-state index contributed by atoms with van der Waals surface area (Å²) in [5, 5.41) is 14.5. The van der Waals surface area contributed by atoms with Gasteiger partial charge in [-0.2, -0.15) is 0 Å². The van der Waals surface area contributed by atoms with Gasteiger partial charge in [0, 0.05) is 54.8 Å². The average molecular weight is 452 g/mol. The van der Waals surface area contributed by atoms with Crippen LogP contribution in [0.15, 0.2) is 48.7 Å². The molecule has 0 aliphatic carbocycles. The van der Waals surface area contributed by atoms with Gasteiger partial charge < -0.3 is 14.8 Å². The molecular formula is C24H25FN4O4. The van der Waals surface area contributed by atoms with E-state index in [2.05, 4.69) is 5.32 Å². The highest BCUT2D eigenvalue weighted by atomic mass is 19.1. The first-order valence-corrected chi connectivity index (χ1v) is 10.9. The van der Waals surface area contributed by atoms with Crippen molar-refractivity contribution in [3.05, 3.63) is 75.7 Å². The van der Waals surface area contributed by atoms with Crippen LogP contribution in [0.2, 0.25) is 0 Å². The first-order chi connectivity index (χ1) is 15.8. The second kappa shape index (κ2) is 9.40. The van der Waals surface area contributed by atoms with Crippen LogP contribution in [0.4, 0.5) is 10.1 Å². The number of aromatic nitrogens is 1. The van der Waals surface area contributed by atoms with Crippen LogP contribution < -0.4 is 5.32 Å². The lowest BCUT2D eigenvalue weighted by atomic mass is 9.95. The van der Waals surface area contributed by atoms with E-state index in [1.807, 2.05) is 0 Å². The van der Waals surface area contributed by atoms with Crippen molar-refractivity contribution in [3.8, 4) is 0 Å². The number of nitrogens with zero attached hydrogens (tertiary/aromatic N) is 3. The van der Waals surface area contributed by atoms with Gasteiger partial charge in [0.1, 0.15) is 12.4 Å². The minimum atomic E-state index is -0.443. The van der Waals surface area contributed by atoms with Crippen LogP contribution in [0.3, 0.4) is 0 Å². The number of likely N-dealkylation sites (tertiary alicyclic amines) is 1. The Morgan fingerprint density at radius 1 is 1.15 bits per heavy atom. The molecule has 1 saturated heterocycles. The van der Waals surface area contributed by atoms with Gasteiger partial charge in [-0.05, 0) is 49.1 Å². The van der Waals surface area contributed by atoms with E-state index < -0.39 is 4.92 Å². The van der Waals surface area contributed by atoms with Gasteiger partial charge in [0.2, 0.25) is 11.8 Å². The number of hydrogen-bond donors (Lipinski definition) is 1. The number of hydrogen-bond acceptors (Lipinski definition) is 4. The smallest absolute Gasteiger partial charge is 0.270 e. The fourth-order valence-corrected chi connectivity index (χ4v) is 4.16. The summed E-state index contributed by atoms with van der Waals surface area (Å²) in [6.45, 7) is 3.07. The van der Waals surface area contributed by atoms with Crippen molar-refractivity contribution in [2.75, 3.05) is 13.1 Å². The predicted molar refractivity (Wildman–Crippen MR) is 121 cm³/mol. The molecule has 0 spiro atoms. The van der Waals surface area contributed by atoms with Crippen LogP contribution in [-0.2, 0) is 22.7 Å². The molecule has 2 heterocycles. The Hall–Kier alpha value is -3.75. The van der Waals surface area contributed by atoms with E-state index in [0.717, 1.165) is 5.52 Å². The molecule has 1 aromatic heterocycles. The predicted octanol–water partition coefficient (Wildman–Crippen LogP) is 3.55. The van der Waals surface area contributed by atoms with Crippen LogP contribution in [-0.4, -0.2) is 39.3 Å². The largest absolute Gasteiger partial charge is 0.352 e. The minimum absolute atomic E-state index is 0.0134. The van der Waals surface area contributed by atoms with E-state index in [-0.39, 0.29) is 42.3 Å². The SMILES string of the molecule is Cc1ccc(CNC(=O)C2CCN(C(=O)Cn3ccc4cc([N+](=O)[O-])ccc43)CC2)cc1F. The molecule has 0 bridgehead atoms. The molecule has 0 saturated carbocycles. The van der Waals surface area contributed by atoms with Crippen LogP contribution >= 0.6 is 0 Å². The first-order valence-electron chi connectivity index (χ1n) is 10.9. The zero-order valence-electron chi connectivity index (χ0n) is 18.3. The summed E-state index contributed by atoms with van der Waals surface area (Å²) >= 11 is 0. The topological polar surface area (TPSA) is 97.5 Å². The van der Waals surface area contributed by atoms with Gasteiger partial charge in [-0.1, -0.05) is 12.1 Å². The van der Waals surface area contributed by atoms with Crippen LogP contribution in [0.5, 0.6) is 0 Å². The van der Waals surface area contributed by atoms with E-state index in [1.165, 1.54) is 18.2 Å². The normalized spacial score (nSPS) is 14.4. The lowest BCUT2D eigenvalue weighted by Gasteiger charge is -2.31. The highest BCUT2D eigenvalue weighted by molar-refractivity contribution is 5.85. The fraction of sp³-hybridized carbons (Fsp3) is 0.333. The highest BCUT2D eigenvalue weighted by Crippen LogP contribution is 2.23. The summed E-state index contributed by atoms with van der Waals surface area (Å²) in [5.74, 6) is -0.611. The van der Waals surface area contributed by atoms with Crippen LogP contribution in [0, 0.1) is 28.8 Å². The van der Waals surface area contributed by atoms with Crippen LogP contribution in [0.25, 0.3) is 10.9 Å². The number of nitro groups is 1. The molecule has 1 fully saturated rings. The number of piperidine rings is 1. The molecule has 8 nitrogen and oxygen atoms in total. The zero-order chi connectivity index (χ0) is 23.5. The van der Waals surface area contributed by atoms with E-state index >= 15 is 0 Å². The first kappa shape index (κ1) is 22.4. The Bertz CT molecular complexity index is 1210. The average Bonchev–Trinajstić information content (AvgIpc) is 3.21. The minimum Gasteiger partial charge on any atom is -0.352 e. The van der Waals surface area contributed by atoms with Crippen molar-refractivity contribution < 1.29 is 18.9 Å². The van der Waals surface area contributed by atoms with Gasteiger partial charge >= 0.3 is 0 Å². The number of nitro benzene ring substituents is 1. The number of non-ortho nitro benzene ring substituents is 1. The number of nitrogens with one attached hydrogen (secondary N) is 1. The van der Waals surface area contributed by atoms with Crippen molar-refractivity contribution in [2.24, 2.45) is 5.92 Å². The van der Waals surface area contributed by atoms with Crippen molar-refractivity contribution >= 4 is 28.4 Å². The van der Waals surface area contributed by atoms with E-state index in [0.29, 0.717) is 42.4 Å². The van der Waals surface area contributed by atoms with Crippen molar-refractivity contribution in [3.63, 3.8) is 0 Å². The third kappa shape index (κ3) is 5.02. The van der Waals surface area contributed by atoms with Crippen molar-refractivity contribution in [1.29, 1.82) is 0 Å². The summed E-state index contributed by atoms with van der Waals surface area (Å²) in [7, 11) is 0. The Morgan fingerprint density at radius 3 is 2.61 bits per heavy atom. The van der Waals surface area contributed by atoms with Gasteiger partial charge in [-0.25, -0.2) is 4.39 Å². The molecule has 1 aliphatic rings. The maximum absolute atomic E-state index is 13.7. The molecule has 1 N–H and O–H groups in total. The molecule has 2 amide bonds. The second-order valence-corrected chi connectivity index (χ2v) is 8.40. The molecule has 33 heavy (non-hydrogen) atoms. The monoisotopic (exact) mass is 452 g/mol. The molecule has 2 aromatic carbocycles. The molecule has 0 atom stereocenters. The molecule has 0 unspecified atom stereocenters. The fourth-order valence-electron chi connectivity index (χ4n) is 4.16. The molecule has 9 heteroatoms. The summed E-state index contributed by atoms with van der Waals surface area (Å²) in [5.41, 5.74) is 2.05. The van der Waals surface area contributed by atoms with Gasteiger partial charge in [-0.15, -0.1) is 0 Å². The van der Waals surface area contributed by atoms with Gasteiger partial charge in [0.15, 0.2) is 0 Å². The Morgan fingerprint density at radius 2 is 1.91 bits per heavy atom. The summed E-state index contributed by atoms with van der Waals surface area (Å²) in [6.07, 6.45) is 2.89.